The monoisotopic (exact) mass is 431 g/mol. The predicted octanol–water partition coefficient (Wildman–Crippen LogP) is 5.70. The Bertz CT molecular complexity index is 1020. The number of aliphatic carboxylic acids is 1. The summed E-state index contributed by atoms with van der Waals surface area (Å²) in [6.45, 7) is 3.91. The molecule has 1 unspecified atom stereocenters. The summed E-state index contributed by atoms with van der Waals surface area (Å²) in [6, 6.07) is 9.41. The molecular weight excluding hydrogens is 410 g/mol. The Labute approximate surface area is 178 Å². The molecule has 3 rings (SSSR count). The van der Waals surface area contributed by atoms with Crippen molar-refractivity contribution in [3.63, 3.8) is 0 Å². The van der Waals surface area contributed by atoms with Crippen LogP contribution in [-0.4, -0.2) is 30.3 Å². The van der Waals surface area contributed by atoms with E-state index in [1.807, 2.05) is 38.1 Å². The average Bonchev–Trinajstić information content (AvgIpc) is 3.10. The lowest BCUT2D eigenvalue weighted by molar-refractivity contribution is -0.137. The fourth-order valence-electron chi connectivity index (χ4n) is 3.34. The standard InChI is InChI=1S/C22H22ClNO4S/c1-12-5-18(27-3)21(19(6-12)28-4)15-7-14(8-16(23)9-15)17(10-20(25)26)22-24-11-13(2)29-22/h5-9,11,17H,10H2,1-4H3,(H,25,26). The Kier molecular flexibility index (Phi) is 6.45. The normalized spacial score (nSPS) is 11.9. The molecule has 0 bridgehead atoms. The van der Waals surface area contributed by atoms with Crippen LogP contribution in [0.2, 0.25) is 5.02 Å². The van der Waals surface area contributed by atoms with Crippen LogP contribution in [0.3, 0.4) is 0 Å². The molecule has 0 saturated carbocycles. The van der Waals surface area contributed by atoms with E-state index in [9.17, 15) is 9.90 Å². The number of hydrogen-bond acceptors (Lipinski definition) is 5. The minimum Gasteiger partial charge on any atom is -0.496 e. The van der Waals surface area contributed by atoms with E-state index in [-0.39, 0.29) is 6.42 Å². The van der Waals surface area contributed by atoms with Gasteiger partial charge in [-0.3, -0.25) is 4.79 Å². The van der Waals surface area contributed by atoms with Gasteiger partial charge < -0.3 is 14.6 Å². The number of carboxylic acids is 1. The number of aromatic nitrogens is 1. The van der Waals surface area contributed by atoms with Crippen molar-refractivity contribution in [3.8, 4) is 22.6 Å². The molecule has 5 nitrogen and oxygen atoms in total. The first-order valence-corrected chi connectivity index (χ1v) is 10.2. The number of hydrogen-bond donors (Lipinski definition) is 1. The van der Waals surface area contributed by atoms with Crippen molar-refractivity contribution >= 4 is 28.9 Å². The average molecular weight is 432 g/mol. The van der Waals surface area contributed by atoms with Crippen LogP contribution >= 0.6 is 22.9 Å². The van der Waals surface area contributed by atoms with Crippen LogP contribution in [0.1, 0.15) is 33.4 Å². The first kappa shape index (κ1) is 21.1. The van der Waals surface area contributed by atoms with E-state index in [1.165, 1.54) is 11.3 Å². The Hall–Kier alpha value is -2.57. The molecule has 2 aromatic carbocycles. The van der Waals surface area contributed by atoms with E-state index in [0.717, 1.165) is 32.1 Å². The van der Waals surface area contributed by atoms with Crippen molar-refractivity contribution in [1.82, 2.24) is 4.98 Å². The molecule has 7 heteroatoms. The lowest BCUT2D eigenvalue weighted by Gasteiger charge is -2.18. The zero-order chi connectivity index (χ0) is 21.1. The molecule has 0 aliphatic carbocycles. The summed E-state index contributed by atoms with van der Waals surface area (Å²) < 4.78 is 11.2. The Morgan fingerprint density at radius 3 is 2.31 bits per heavy atom. The van der Waals surface area contributed by atoms with Gasteiger partial charge in [0.2, 0.25) is 0 Å². The molecule has 0 saturated heterocycles. The van der Waals surface area contributed by atoms with Gasteiger partial charge in [-0.15, -0.1) is 11.3 Å². The predicted molar refractivity (Wildman–Crippen MR) is 116 cm³/mol. The molecule has 0 spiro atoms. The van der Waals surface area contributed by atoms with E-state index in [2.05, 4.69) is 4.98 Å². The summed E-state index contributed by atoms with van der Waals surface area (Å²) >= 11 is 7.94. The van der Waals surface area contributed by atoms with Gasteiger partial charge in [0.25, 0.3) is 0 Å². The number of halogens is 1. The SMILES string of the molecule is COc1cc(C)cc(OC)c1-c1cc(Cl)cc(C(CC(=O)O)c2ncc(C)s2)c1. The number of benzene rings is 2. The smallest absolute Gasteiger partial charge is 0.304 e. The first-order chi connectivity index (χ1) is 13.8. The van der Waals surface area contributed by atoms with Crippen molar-refractivity contribution in [3.05, 3.63) is 62.6 Å². The van der Waals surface area contributed by atoms with Crippen LogP contribution in [0.4, 0.5) is 0 Å². The van der Waals surface area contributed by atoms with Gasteiger partial charge in [0.05, 0.1) is 26.2 Å². The molecule has 0 radical (unpaired) electrons. The third-order valence-electron chi connectivity index (χ3n) is 4.58. The molecule has 1 atom stereocenters. The molecule has 29 heavy (non-hydrogen) atoms. The van der Waals surface area contributed by atoms with Gasteiger partial charge >= 0.3 is 5.97 Å². The summed E-state index contributed by atoms with van der Waals surface area (Å²) in [4.78, 5) is 17.0. The third kappa shape index (κ3) is 4.71. The highest BCUT2D eigenvalue weighted by molar-refractivity contribution is 7.11. The van der Waals surface area contributed by atoms with Crippen molar-refractivity contribution in [1.29, 1.82) is 0 Å². The molecule has 152 valence electrons. The number of nitrogens with zero attached hydrogens (tertiary/aromatic N) is 1. The molecule has 3 aromatic rings. The minimum atomic E-state index is -0.894. The molecule has 0 aliphatic heterocycles. The van der Waals surface area contributed by atoms with Gasteiger partial charge in [0, 0.05) is 22.0 Å². The zero-order valence-electron chi connectivity index (χ0n) is 16.7. The van der Waals surface area contributed by atoms with Crippen LogP contribution in [0.25, 0.3) is 11.1 Å². The second-order valence-electron chi connectivity index (χ2n) is 6.78. The van der Waals surface area contributed by atoms with Gasteiger partial charge in [-0.25, -0.2) is 4.98 Å². The Balaban J connectivity index is 2.19. The van der Waals surface area contributed by atoms with Gasteiger partial charge in [-0.05, 0) is 54.8 Å². The molecule has 1 N–H and O–H groups in total. The summed E-state index contributed by atoms with van der Waals surface area (Å²) in [5.74, 6) is 0.0332. The third-order valence-corrected chi connectivity index (χ3v) is 5.82. The second-order valence-corrected chi connectivity index (χ2v) is 8.48. The maximum atomic E-state index is 11.5. The van der Waals surface area contributed by atoms with E-state index in [1.54, 1.807) is 26.5 Å². The molecular formula is C22H22ClNO4S. The number of ether oxygens (including phenoxy) is 2. The number of carbonyl (C=O) groups is 1. The van der Waals surface area contributed by atoms with E-state index >= 15 is 0 Å². The highest BCUT2D eigenvalue weighted by atomic mass is 35.5. The van der Waals surface area contributed by atoms with Crippen molar-refractivity contribution in [2.75, 3.05) is 14.2 Å². The number of methoxy groups -OCH3 is 2. The van der Waals surface area contributed by atoms with Crippen LogP contribution < -0.4 is 9.47 Å². The maximum absolute atomic E-state index is 11.5. The summed E-state index contributed by atoms with van der Waals surface area (Å²) in [7, 11) is 3.21. The maximum Gasteiger partial charge on any atom is 0.304 e. The number of aryl methyl sites for hydroxylation is 2. The zero-order valence-corrected chi connectivity index (χ0v) is 18.2. The van der Waals surface area contributed by atoms with Crippen molar-refractivity contribution < 1.29 is 19.4 Å². The lowest BCUT2D eigenvalue weighted by atomic mass is 9.92. The molecule has 0 fully saturated rings. The van der Waals surface area contributed by atoms with Crippen LogP contribution in [0.15, 0.2) is 36.5 Å². The largest absolute Gasteiger partial charge is 0.496 e. The van der Waals surface area contributed by atoms with Crippen LogP contribution in [0, 0.1) is 13.8 Å². The van der Waals surface area contributed by atoms with Gasteiger partial charge in [-0.1, -0.05) is 17.7 Å². The number of thiazole rings is 1. The first-order valence-electron chi connectivity index (χ1n) is 9.00. The molecule has 1 aromatic heterocycles. The number of carboxylic acid groups (broad SMARTS) is 1. The Morgan fingerprint density at radius 1 is 1.14 bits per heavy atom. The fourth-order valence-corrected chi connectivity index (χ4v) is 4.49. The molecule has 0 aliphatic rings. The minimum absolute atomic E-state index is 0.0745. The van der Waals surface area contributed by atoms with Gasteiger partial charge in [-0.2, -0.15) is 0 Å². The summed E-state index contributed by atoms with van der Waals surface area (Å²) in [6.07, 6.45) is 1.68. The van der Waals surface area contributed by atoms with E-state index in [4.69, 9.17) is 21.1 Å². The van der Waals surface area contributed by atoms with E-state index in [0.29, 0.717) is 16.5 Å². The highest BCUT2D eigenvalue weighted by Gasteiger charge is 2.23. The Morgan fingerprint density at radius 2 is 1.79 bits per heavy atom. The van der Waals surface area contributed by atoms with Crippen LogP contribution in [-0.2, 0) is 4.79 Å². The van der Waals surface area contributed by atoms with Crippen molar-refractivity contribution in [2.45, 2.75) is 26.2 Å². The summed E-state index contributed by atoms with van der Waals surface area (Å²) in [5.41, 5.74) is 3.36. The topological polar surface area (TPSA) is 68.7 Å². The summed E-state index contributed by atoms with van der Waals surface area (Å²) in [5, 5.41) is 10.7. The quantitative estimate of drug-likeness (QED) is 0.519. The number of rotatable bonds is 7. The highest BCUT2D eigenvalue weighted by Crippen LogP contribution is 2.42. The van der Waals surface area contributed by atoms with Gasteiger partial charge in [0.1, 0.15) is 16.5 Å². The van der Waals surface area contributed by atoms with Gasteiger partial charge in [0.15, 0.2) is 0 Å². The lowest BCUT2D eigenvalue weighted by Crippen LogP contribution is -2.08. The van der Waals surface area contributed by atoms with Crippen molar-refractivity contribution in [2.24, 2.45) is 0 Å². The molecule has 1 heterocycles. The molecule has 0 amide bonds. The fraction of sp³-hybridized carbons (Fsp3) is 0.273. The second kappa shape index (κ2) is 8.84. The van der Waals surface area contributed by atoms with Crippen LogP contribution in [0.5, 0.6) is 11.5 Å². The van der Waals surface area contributed by atoms with E-state index < -0.39 is 11.9 Å².